The average molecular weight is 355 g/mol. The number of amides is 2. The van der Waals surface area contributed by atoms with Crippen molar-refractivity contribution >= 4 is 11.8 Å². The molecule has 1 aromatic carbocycles. The lowest BCUT2D eigenvalue weighted by Crippen LogP contribution is -2.52. The van der Waals surface area contributed by atoms with Crippen LogP contribution in [0.1, 0.15) is 23.2 Å². The summed E-state index contributed by atoms with van der Waals surface area (Å²) in [6.07, 6.45) is 4.54. The van der Waals surface area contributed by atoms with Gasteiger partial charge in [0.1, 0.15) is 18.8 Å². The van der Waals surface area contributed by atoms with Gasteiger partial charge in [-0.15, -0.1) is 0 Å². The molecule has 2 aliphatic heterocycles. The van der Waals surface area contributed by atoms with Crippen molar-refractivity contribution in [3.8, 4) is 5.69 Å². The second-order valence-corrected chi connectivity index (χ2v) is 6.51. The number of piperazine rings is 1. The van der Waals surface area contributed by atoms with E-state index in [1.807, 2.05) is 17.0 Å². The van der Waals surface area contributed by atoms with Gasteiger partial charge in [0.2, 0.25) is 0 Å². The summed E-state index contributed by atoms with van der Waals surface area (Å²) in [4.78, 5) is 32.6. The van der Waals surface area contributed by atoms with Gasteiger partial charge < -0.3 is 14.5 Å². The van der Waals surface area contributed by atoms with Gasteiger partial charge in [-0.3, -0.25) is 9.59 Å². The molecule has 8 nitrogen and oxygen atoms in total. The molecule has 2 aliphatic rings. The molecule has 3 heterocycles. The molecule has 2 saturated heterocycles. The lowest BCUT2D eigenvalue weighted by molar-refractivity contribution is -0.142. The van der Waals surface area contributed by atoms with E-state index in [-0.39, 0.29) is 17.9 Å². The van der Waals surface area contributed by atoms with Crippen LogP contribution in [0.4, 0.5) is 0 Å². The fourth-order valence-corrected chi connectivity index (χ4v) is 3.39. The Morgan fingerprint density at radius 3 is 2.38 bits per heavy atom. The number of carbonyl (C=O) groups excluding carboxylic acids is 2. The van der Waals surface area contributed by atoms with Gasteiger partial charge in [0, 0.05) is 38.3 Å². The Labute approximate surface area is 151 Å². The molecule has 0 bridgehead atoms. The number of hydrogen-bond acceptors (Lipinski definition) is 5. The first-order chi connectivity index (χ1) is 12.7. The molecule has 1 aromatic heterocycles. The third-order valence-electron chi connectivity index (χ3n) is 4.88. The molecule has 1 atom stereocenters. The molecular formula is C18H21N5O3. The molecule has 2 aromatic rings. The molecule has 8 heteroatoms. The van der Waals surface area contributed by atoms with Crippen LogP contribution in [0.3, 0.4) is 0 Å². The predicted octanol–water partition coefficient (Wildman–Crippen LogP) is 0.731. The molecule has 26 heavy (non-hydrogen) atoms. The third kappa shape index (κ3) is 3.32. The molecule has 2 amide bonds. The molecule has 136 valence electrons. The molecule has 0 aliphatic carbocycles. The van der Waals surface area contributed by atoms with Gasteiger partial charge in [-0.25, -0.2) is 9.67 Å². The van der Waals surface area contributed by atoms with Crippen LogP contribution in [0.5, 0.6) is 0 Å². The highest BCUT2D eigenvalue weighted by molar-refractivity contribution is 5.94. The minimum absolute atomic E-state index is 0.0145. The average Bonchev–Trinajstić information content (AvgIpc) is 3.41. The van der Waals surface area contributed by atoms with Crippen LogP contribution in [-0.4, -0.2) is 75.3 Å². The standard InChI is InChI=1S/C18H21N5O3/c24-17(14-3-5-15(6-4-14)23-13-19-12-20-23)21-7-9-22(10-8-21)18(25)16-2-1-11-26-16/h3-6,12-13,16H,1-2,7-11H2. The van der Waals surface area contributed by atoms with Crippen molar-refractivity contribution in [1.82, 2.24) is 24.6 Å². The van der Waals surface area contributed by atoms with Gasteiger partial charge in [0.05, 0.1) is 5.69 Å². The maximum atomic E-state index is 12.7. The normalized spacial score (nSPS) is 20.4. The number of rotatable bonds is 3. The largest absolute Gasteiger partial charge is 0.368 e. The summed E-state index contributed by atoms with van der Waals surface area (Å²) in [5.41, 5.74) is 1.48. The summed E-state index contributed by atoms with van der Waals surface area (Å²) in [5.74, 6) is 0.0474. The topological polar surface area (TPSA) is 80.6 Å². The second kappa shape index (κ2) is 7.25. The predicted molar refractivity (Wildman–Crippen MR) is 92.8 cm³/mol. The van der Waals surface area contributed by atoms with E-state index >= 15 is 0 Å². The van der Waals surface area contributed by atoms with E-state index in [9.17, 15) is 9.59 Å². The zero-order valence-electron chi connectivity index (χ0n) is 14.5. The van der Waals surface area contributed by atoms with Crippen LogP contribution >= 0.6 is 0 Å². The van der Waals surface area contributed by atoms with Gasteiger partial charge in [0.25, 0.3) is 11.8 Å². The van der Waals surface area contributed by atoms with E-state index < -0.39 is 0 Å². The zero-order chi connectivity index (χ0) is 17.9. The Balaban J connectivity index is 1.35. The highest BCUT2D eigenvalue weighted by Crippen LogP contribution is 2.17. The highest BCUT2D eigenvalue weighted by Gasteiger charge is 2.31. The third-order valence-corrected chi connectivity index (χ3v) is 4.88. The number of ether oxygens (including phenoxy) is 1. The summed E-state index contributed by atoms with van der Waals surface area (Å²) in [6, 6.07) is 7.28. The lowest BCUT2D eigenvalue weighted by Gasteiger charge is -2.35. The van der Waals surface area contributed by atoms with E-state index in [1.54, 1.807) is 28.0 Å². The first-order valence-electron chi connectivity index (χ1n) is 8.87. The minimum atomic E-state index is -0.290. The Bertz CT molecular complexity index is 761. The number of carbonyl (C=O) groups is 2. The van der Waals surface area contributed by atoms with E-state index in [1.165, 1.54) is 6.33 Å². The van der Waals surface area contributed by atoms with Crippen LogP contribution in [0.2, 0.25) is 0 Å². The van der Waals surface area contributed by atoms with Crippen molar-refractivity contribution in [2.45, 2.75) is 18.9 Å². The molecule has 0 spiro atoms. The van der Waals surface area contributed by atoms with Crippen molar-refractivity contribution in [1.29, 1.82) is 0 Å². The summed E-state index contributed by atoms with van der Waals surface area (Å²) in [7, 11) is 0. The van der Waals surface area contributed by atoms with Crippen molar-refractivity contribution in [3.05, 3.63) is 42.5 Å². The van der Waals surface area contributed by atoms with E-state index in [2.05, 4.69) is 10.1 Å². The van der Waals surface area contributed by atoms with Crippen LogP contribution in [0.15, 0.2) is 36.9 Å². The van der Waals surface area contributed by atoms with Crippen LogP contribution < -0.4 is 0 Å². The second-order valence-electron chi connectivity index (χ2n) is 6.51. The molecule has 4 rings (SSSR count). The monoisotopic (exact) mass is 355 g/mol. The van der Waals surface area contributed by atoms with Gasteiger partial charge in [-0.1, -0.05) is 0 Å². The number of aromatic nitrogens is 3. The highest BCUT2D eigenvalue weighted by atomic mass is 16.5. The fraction of sp³-hybridized carbons (Fsp3) is 0.444. The molecule has 2 fully saturated rings. The van der Waals surface area contributed by atoms with Crippen LogP contribution in [0, 0.1) is 0 Å². The molecule has 0 N–H and O–H groups in total. The molecule has 1 unspecified atom stereocenters. The summed E-state index contributed by atoms with van der Waals surface area (Å²) in [6.45, 7) is 2.87. The van der Waals surface area contributed by atoms with Crippen molar-refractivity contribution in [2.24, 2.45) is 0 Å². The Kier molecular flexibility index (Phi) is 4.66. The van der Waals surface area contributed by atoms with Gasteiger partial charge in [0.15, 0.2) is 0 Å². The van der Waals surface area contributed by atoms with Gasteiger partial charge in [-0.05, 0) is 37.1 Å². The van der Waals surface area contributed by atoms with Gasteiger partial charge >= 0.3 is 0 Å². The maximum Gasteiger partial charge on any atom is 0.253 e. The van der Waals surface area contributed by atoms with E-state index in [0.717, 1.165) is 18.5 Å². The quantitative estimate of drug-likeness (QED) is 0.811. The molecular weight excluding hydrogens is 334 g/mol. The number of nitrogens with zero attached hydrogens (tertiary/aromatic N) is 5. The van der Waals surface area contributed by atoms with Crippen LogP contribution in [-0.2, 0) is 9.53 Å². The fourth-order valence-electron chi connectivity index (χ4n) is 3.39. The summed E-state index contributed by atoms with van der Waals surface area (Å²) < 4.78 is 7.11. The Morgan fingerprint density at radius 2 is 1.77 bits per heavy atom. The van der Waals surface area contributed by atoms with Crippen molar-refractivity contribution in [3.63, 3.8) is 0 Å². The SMILES string of the molecule is O=C(c1ccc(-n2cncn2)cc1)N1CCN(C(=O)C2CCCO2)CC1. The maximum absolute atomic E-state index is 12.7. The smallest absolute Gasteiger partial charge is 0.253 e. The first kappa shape index (κ1) is 16.7. The Morgan fingerprint density at radius 1 is 1.04 bits per heavy atom. The summed E-state index contributed by atoms with van der Waals surface area (Å²) >= 11 is 0. The van der Waals surface area contributed by atoms with E-state index in [4.69, 9.17) is 4.74 Å². The van der Waals surface area contributed by atoms with Gasteiger partial charge in [-0.2, -0.15) is 5.10 Å². The number of hydrogen-bond donors (Lipinski definition) is 0. The Hall–Kier alpha value is -2.74. The molecule has 0 radical (unpaired) electrons. The lowest BCUT2D eigenvalue weighted by atomic mass is 10.1. The van der Waals surface area contributed by atoms with Crippen molar-refractivity contribution in [2.75, 3.05) is 32.8 Å². The van der Waals surface area contributed by atoms with E-state index in [0.29, 0.717) is 38.3 Å². The van der Waals surface area contributed by atoms with Crippen molar-refractivity contribution < 1.29 is 14.3 Å². The zero-order valence-corrected chi connectivity index (χ0v) is 14.5. The minimum Gasteiger partial charge on any atom is -0.368 e. The first-order valence-corrected chi connectivity index (χ1v) is 8.87. The number of benzene rings is 1. The van der Waals surface area contributed by atoms with Crippen LogP contribution in [0.25, 0.3) is 5.69 Å². The molecule has 0 saturated carbocycles. The summed E-state index contributed by atoms with van der Waals surface area (Å²) in [5, 5.41) is 4.07.